The molecule has 0 saturated heterocycles. The summed E-state index contributed by atoms with van der Waals surface area (Å²) >= 11 is 0. The number of carbonyl (C=O) groups is 1. The van der Waals surface area contributed by atoms with Gasteiger partial charge in [0.25, 0.3) is 0 Å². The molecule has 0 aliphatic heterocycles. The molecule has 3 heteroatoms. The number of aliphatic hydroxyl groups is 1. The topological polar surface area (TPSA) is 63.3 Å². The second-order valence-electron chi connectivity index (χ2n) is 6.04. The van der Waals surface area contributed by atoms with Crippen molar-refractivity contribution in [2.24, 2.45) is 5.73 Å². The van der Waals surface area contributed by atoms with Crippen LogP contribution in [0.4, 0.5) is 0 Å². The zero-order valence-corrected chi connectivity index (χ0v) is 15.6. The third kappa shape index (κ3) is 16.9. The molecule has 0 heterocycles. The Morgan fingerprint density at radius 2 is 1.36 bits per heavy atom. The second-order valence-corrected chi connectivity index (χ2v) is 6.04. The van der Waals surface area contributed by atoms with Crippen LogP contribution in [0.25, 0.3) is 0 Å². The highest BCUT2D eigenvalue weighted by molar-refractivity contribution is 5.94. The minimum absolute atomic E-state index is 0.276. The van der Waals surface area contributed by atoms with Gasteiger partial charge in [0.1, 0.15) is 0 Å². The Morgan fingerprint density at radius 3 is 1.96 bits per heavy atom. The SMILES string of the molecule is CCCCCCCCC/C=C/C=C/C=C/C=C/C=C/C(=O)C(N)CO. The summed E-state index contributed by atoms with van der Waals surface area (Å²) in [4.78, 5) is 11.3. The van der Waals surface area contributed by atoms with Crippen LogP contribution >= 0.6 is 0 Å². The van der Waals surface area contributed by atoms with Crippen LogP contribution in [0, 0.1) is 0 Å². The van der Waals surface area contributed by atoms with Crippen LogP contribution in [0.1, 0.15) is 58.3 Å². The lowest BCUT2D eigenvalue weighted by atomic mass is 10.1. The van der Waals surface area contributed by atoms with Gasteiger partial charge in [0.15, 0.2) is 5.78 Å². The summed E-state index contributed by atoms with van der Waals surface area (Å²) in [5, 5.41) is 8.73. The minimum atomic E-state index is -0.823. The third-order valence-corrected chi connectivity index (χ3v) is 3.71. The summed E-state index contributed by atoms with van der Waals surface area (Å²) in [7, 11) is 0. The number of carbonyl (C=O) groups excluding carboxylic acids is 1. The van der Waals surface area contributed by atoms with E-state index in [0.717, 1.165) is 6.42 Å². The van der Waals surface area contributed by atoms with Crippen molar-refractivity contribution in [2.45, 2.75) is 64.3 Å². The number of allylic oxidation sites excluding steroid dienone is 9. The molecule has 1 unspecified atom stereocenters. The molecule has 0 saturated carbocycles. The number of unbranched alkanes of at least 4 members (excludes halogenated alkanes) is 7. The quantitative estimate of drug-likeness (QED) is 0.255. The smallest absolute Gasteiger partial charge is 0.174 e. The number of nitrogens with two attached hydrogens (primary N) is 1. The van der Waals surface area contributed by atoms with Crippen molar-refractivity contribution in [3.8, 4) is 0 Å². The highest BCUT2D eigenvalue weighted by Gasteiger charge is 2.06. The van der Waals surface area contributed by atoms with E-state index in [1.807, 2.05) is 30.4 Å². The molecule has 0 aliphatic rings. The van der Waals surface area contributed by atoms with Crippen LogP contribution in [0.2, 0.25) is 0 Å². The molecule has 0 rings (SSSR count). The monoisotopic (exact) mass is 345 g/mol. The van der Waals surface area contributed by atoms with Crippen molar-refractivity contribution in [3.63, 3.8) is 0 Å². The fourth-order valence-electron chi connectivity index (χ4n) is 2.14. The largest absolute Gasteiger partial charge is 0.394 e. The molecule has 140 valence electrons. The number of aliphatic hydroxyl groups excluding tert-OH is 1. The normalized spacial score (nSPS) is 14.0. The van der Waals surface area contributed by atoms with Crippen molar-refractivity contribution < 1.29 is 9.90 Å². The van der Waals surface area contributed by atoms with E-state index in [1.54, 1.807) is 12.2 Å². The van der Waals surface area contributed by atoms with E-state index in [-0.39, 0.29) is 12.4 Å². The lowest BCUT2D eigenvalue weighted by Crippen LogP contribution is -2.32. The predicted molar refractivity (Wildman–Crippen MR) is 108 cm³/mol. The predicted octanol–water partition coefficient (Wildman–Crippen LogP) is 4.80. The molecular weight excluding hydrogens is 310 g/mol. The van der Waals surface area contributed by atoms with Gasteiger partial charge in [-0.25, -0.2) is 0 Å². The second kappa shape index (κ2) is 18.6. The van der Waals surface area contributed by atoms with Crippen molar-refractivity contribution in [2.75, 3.05) is 6.61 Å². The minimum Gasteiger partial charge on any atom is -0.394 e. The molecule has 0 spiro atoms. The highest BCUT2D eigenvalue weighted by Crippen LogP contribution is 2.08. The summed E-state index contributed by atoms with van der Waals surface area (Å²) in [6, 6.07) is -0.823. The molecule has 0 aliphatic carbocycles. The van der Waals surface area contributed by atoms with E-state index < -0.39 is 6.04 Å². The molecule has 0 fully saturated rings. The van der Waals surface area contributed by atoms with Crippen LogP contribution in [-0.2, 0) is 4.79 Å². The van der Waals surface area contributed by atoms with Crippen molar-refractivity contribution >= 4 is 5.78 Å². The van der Waals surface area contributed by atoms with Gasteiger partial charge in [0.05, 0.1) is 12.6 Å². The van der Waals surface area contributed by atoms with Gasteiger partial charge in [-0.2, -0.15) is 0 Å². The average Bonchev–Trinajstić information content (AvgIpc) is 2.63. The van der Waals surface area contributed by atoms with Gasteiger partial charge >= 0.3 is 0 Å². The third-order valence-electron chi connectivity index (χ3n) is 3.71. The maximum atomic E-state index is 11.3. The molecular formula is C22H35NO2. The maximum absolute atomic E-state index is 11.3. The number of rotatable bonds is 15. The number of ketones is 1. The fraction of sp³-hybridized carbons (Fsp3) is 0.500. The Hall–Kier alpha value is -1.71. The molecule has 0 aromatic heterocycles. The molecule has 0 radical (unpaired) electrons. The Balaban J connectivity index is 3.66. The summed E-state index contributed by atoms with van der Waals surface area (Å²) < 4.78 is 0. The molecule has 25 heavy (non-hydrogen) atoms. The lowest BCUT2D eigenvalue weighted by molar-refractivity contribution is -0.116. The number of hydrogen-bond donors (Lipinski definition) is 2. The van der Waals surface area contributed by atoms with Crippen molar-refractivity contribution in [3.05, 3.63) is 60.8 Å². The lowest BCUT2D eigenvalue weighted by Gasteiger charge is -2.00. The summed E-state index contributed by atoms with van der Waals surface area (Å²) in [6.07, 6.45) is 29.3. The first-order valence-corrected chi connectivity index (χ1v) is 9.45. The molecule has 3 N–H and O–H groups in total. The summed E-state index contributed by atoms with van der Waals surface area (Å²) in [5.74, 6) is -0.276. The molecule has 0 amide bonds. The van der Waals surface area contributed by atoms with E-state index >= 15 is 0 Å². The molecule has 0 aromatic rings. The van der Waals surface area contributed by atoms with Crippen LogP contribution in [-0.4, -0.2) is 23.5 Å². The van der Waals surface area contributed by atoms with Gasteiger partial charge in [-0.1, -0.05) is 100 Å². The Bertz CT molecular complexity index is 459. The molecule has 0 bridgehead atoms. The van der Waals surface area contributed by atoms with E-state index in [4.69, 9.17) is 10.8 Å². The van der Waals surface area contributed by atoms with E-state index in [0.29, 0.717) is 0 Å². The zero-order valence-electron chi connectivity index (χ0n) is 15.6. The highest BCUT2D eigenvalue weighted by atomic mass is 16.3. The summed E-state index contributed by atoms with van der Waals surface area (Å²) in [5.41, 5.74) is 5.38. The first-order chi connectivity index (χ1) is 12.2. The molecule has 0 aromatic carbocycles. The van der Waals surface area contributed by atoms with Crippen LogP contribution in [0.15, 0.2) is 60.8 Å². The standard InChI is InChI=1S/C22H35NO2/c1-2-3-4-5-6-7-8-9-10-11-12-13-14-15-16-17-18-19-22(25)21(23)20-24/h10-19,21,24H,2-9,20,23H2,1H3/b11-10+,13-12+,15-14+,17-16+,19-18+. The van der Waals surface area contributed by atoms with Crippen LogP contribution in [0.3, 0.4) is 0 Å². The molecule has 3 nitrogen and oxygen atoms in total. The molecule has 1 atom stereocenters. The fourth-order valence-corrected chi connectivity index (χ4v) is 2.14. The Morgan fingerprint density at radius 1 is 0.840 bits per heavy atom. The van der Waals surface area contributed by atoms with Gasteiger partial charge in [-0.05, 0) is 18.9 Å². The average molecular weight is 346 g/mol. The maximum Gasteiger partial charge on any atom is 0.174 e. The zero-order chi connectivity index (χ0) is 18.6. The number of hydrogen-bond acceptors (Lipinski definition) is 3. The van der Waals surface area contributed by atoms with Gasteiger partial charge in [0, 0.05) is 0 Å². The first-order valence-electron chi connectivity index (χ1n) is 9.45. The Labute approximate surface area is 153 Å². The van der Waals surface area contributed by atoms with Gasteiger partial charge in [-0.15, -0.1) is 0 Å². The first kappa shape index (κ1) is 23.3. The van der Waals surface area contributed by atoms with E-state index in [2.05, 4.69) is 19.1 Å². The van der Waals surface area contributed by atoms with Gasteiger partial charge in [-0.3, -0.25) is 4.79 Å². The van der Waals surface area contributed by atoms with E-state index in [9.17, 15) is 4.79 Å². The Kier molecular flexibility index (Phi) is 17.4. The van der Waals surface area contributed by atoms with Crippen molar-refractivity contribution in [1.82, 2.24) is 0 Å². The van der Waals surface area contributed by atoms with E-state index in [1.165, 1.54) is 51.0 Å². The van der Waals surface area contributed by atoms with Crippen molar-refractivity contribution in [1.29, 1.82) is 0 Å². The van der Waals surface area contributed by atoms with Crippen LogP contribution < -0.4 is 5.73 Å². The van der Waals surface area contributed by atoms with Gasteiger partial charge in [0.2, 0.25) is 0 Å². The van der Waals surface area contributed by atoms with Gasteiger partial charge < -0.3 is 10.8 Å². The van der Waals surface area contributed by atoms with Crippen LogP contribution in [0.5, 0.6) is 0 Å². The summed E-state index contributed by atoms with van der Waals surface area (Å²) in [6.45, 7) is 1.92.